The lowest BCUT2D eigenvalue weighted by Gasteiger charge is -2.28. The van der Waals surface area contributed by atoms with E-state index in [9.17, 15) is 4.79 Å². The first-order valence-electron chi connectivity index (χ1n) is 7.89. The number of carbonyl (C=O) groups excluding carboxylic acids is 1. The average Bonchev–Trinajstić information content (AvgIpc) is 2.63. The molecular weight excluding hydrogens is 326 g/mol. The third-order valence-electron chi connectivity index (χ3n) is 4.00. The van der Waals surface area contributed by atoms with E-state index < -0.39 is 0 Å². The smallest absolute Gasteiger partial charge is 0.255 e. The minimum Gasteiger partial charge on any atom is -0.387 e. The fourth-order valence-corrected chi connectivity index (χ4v) is 2.92. The van der Waals surface area contributed by atoms with Crippen LogP contribution in [-0.4, -0.2) is 39.3 Å². The van der Waals surface area contributed by atoms with Gasteiger partial charge in [0.1, 0.15) is 0 Å². The summed E-state index contributed by atoms with van der Waals surface area (Å²) >= 11 is 6.14. The molecule has 0 aliphatic carbocycles. The quantitative estimate of drug-likeness (QED) is 0.891. The number of rotatable bonds is 4. The zero-order chi connectivity index (χ0) is 16.9. The lowest BCUT2D eigenvalue weighted by Crippen LogP contribution is -2.36. The second-order valence-corrected chi connectivity index (χ2v) is 5.95. The number of nitrogens with one attached hydrogen (secondary N) is 2. The maximum absolute atomic E-state index is 12.4. The highest BCUT2D eigenvalue weighted by molar-refractivity contribution is 6.33. The van der Waals surface area contributed by atoms with Gasteiger partial charge >= 0.3 is 0 Å². The van der Waals surface area contributed by atoms with Gasteiger partial charge < -0.3 is 20.3 Å². The predicted octanol–water partition coefficient (Wildman–Crippen LogP) is 3.47. The van der Waals surface area contributed by atoms with Crippen molar-refractivity contribution < 1.29 is 9.53 Å². The van der Waals surface area contributed by atoms with Crippen molar-refractivity contribution in [1.82, 2.24) is 0 Å². The van der Waals surface area contributed by atoms with E-state index >= 15 is 0 Å². The normalized spacial score (nSPS) is 14.3. The van der Waals surface area contributed by atoms with Crippen LogP contribution < -0.4 is 15.5 Å². The van der Waals surface area contributed by atoms with Gasteiger partial charge in [-0.1, -0.05) is 11.6 Å². The van der Waals surface area contributed by atoms with Gasteiger partial charge in [-0.15, -0.1) is 0 Å². The van der Waals surface area contributed by atoms with Gasteiger partial charge in [0.15, 0.2) is 0 Å². The van der Waals surface area contributed by atoms with E-state index in [2.05, 4.69) is 15.5 Å². The number of morpholine rings is 1. The van der Waals surface area contributed by atoms with Crippen LogP contribution in [0.15, 0.2) is 42.5 Å². The molecule has 1 aliphatic heterocycles. The maximum atomic E-state index is 12.4. The molecule has 3 rings (SSSR count). The summed E-state index contributed by atoms with van der Waals surface area (Å²) in [7, 11) is 1.80. The van der Waals surface area contributed by atoms with Gasteiger partial charge in [-0.05, 0) is 42.5 Å². The summed E-state index contributed by atoms with van der Waals surface area (Å²) in [5.74, 6) is -0.156. The molecule has 1 fully saturated rings. The van der Waals surface area contributed by atoms with E-state index in [0.717, 1.165) is 37.7 Å². The molecule has 0 spiro atoms. The fourth-order valence-electron chi connectivity index (χ4n) is 2.64. The standard InChI is InChI=1S/C18H20ClN3O2/c1-20-17-7-4-14(12-16(17)19)21-18(23)13-2-5-15(6-3-13)22-8-10-24-11-9-22/h2-7,12,20H,8-11H2,1H3,(H,21,23). The fraction of sp³-hybridized carbons (Fsp3) is 0.278. The van der Waals surface area contributed by atoms with E-state index in [4.69, 9.17) is 16.3 Å². The van der Waals surface area contributed by atoms with Crippen molar-refractivity contribution in [3.8, 4) is 0 Å². The van der Waals surface area contributed by atoms with E-state index in [1.54, 1.807) is 13.1 Å². The summed E-state index contributed by atoms with van der Waals surface area (Å²) in [6, 6.07) is 13.0. The first-order chi connectivity index (χ1) is 11.7. The van der Waals surface area contributed by atoms with E-state index in [1.807, 2.05) is 36.4 Å². The van der Waals surface area contributed by atoms with Crippen molar-refractivity contribution in [3.63, 3.8) is 0 Å². The molecule has 0 atom stereocenters. The molecule has 1 saturated heterocycles. The van der Waals surface area contributed by atoms with Crippen LogP contribution in [0.1, 0.15) is 10.4 Å². The molecule has 0 bridgehead atoms. The molecule has 2 aromatic rings. The lowest BCUT2D eigenvalue weighted by molar-refractivity contribution is 0.102. The van der Waals surface area contributed by atoms with E-state index in [-0.39, 0.29) is 5.91 Å². The highest BCUT2D eigenvalue weighted by atomic mass is 35.5. The Morgan fingerprint density at radius 3 is 2.46 bits per heavy atom. The van der Waals surface area contributed by atoms with Crippen LogP contribution in [0.2, 0.25) is 5.02 Å². The molecule has 0 aromatic heterocycles. The van der Waals surface area contributed by atoms with Crippen LogP contribution in [-0.2, 0) is 4.74 Å². The van der Waals surface area contributed by atoms with E-state index in [1.165, 1.54) is 0 Å². The predicted molar refractivity (Wildman–Crippen MR) is 98.4 cm³/mol. The Bertz CT molecular complexity index is 713. The number of anilines is 3. The third-order valence-corrected chi connectivity index (χ3v) is 4.31. The molecule has 2 aromatic carbocycles. The number of hydrogen-bond donors (Lipinski definition) is 2. The molecular formula is C18H20ClN3O2. The molecule has 0 saturated carbocycles. The third kappa shape index (κ3) is 3.80. The number of hydrogen-bond acceptors (Lipinski definition) is 4. The lowest BCUT2D eigenvalue weighted by atomic mass is 10.1. The Morgan fingerprint density at radius 2 is 1.83 bits per heavy atom. The van der Waals surface area contributed by atoms with Crippen LogP contribution in [0, 0.1) is 0 Å². The number of benzene rings is 2. The minimum absolute atomic E-state index is 0.156. The number of carbonyl (C=O) groups is 1. The van der Waals surface area contributed by atoms with Crippen molar-refractivity contribution in [2.24, 2.45) is 0 Å². The molecule has 6 heteroatoms. The van der Waals surface area contributed by atoms with Gasteiger partial charge in [-0.25, -0.2) is 0 Å². The Balaban J connectivity index is 1.67. The molecule has 1 aliphatic rings. The zero-order valence-corrected chi connectivity index (χ0v) is 14.3. The Labute approximate surface area is 146 Å². The summed E-state index contributed by atoms with van der Waals surface area (Å²) in [5.41, 5.74) is 3.21. The summed E-state index contributed by atoms with van der Waals surface area (Å²) in [6.07, 6.45) is 0. The second-order valence-electron chi connectivity index (χ2n) is 5.55. The Kier molecular flexibility index (Phi) is 5.23. The SMILES string of the molecule is CNc1ccc(NC(=O)c2ccc(N3CCOCC3)cc2)cc1Cl. The molecule has 5 nitrogen and oxygen atoms in total. The maximum Gasteiger partial charge on any atom is 0.255 e. The van der Waals surface area contributed by atoms with Gasteiger partial charge in [0.25, 0.3) is 5.91 Å². The summed E-state index contributed by atoms with van der Waals surface area (Å²) in [4.78, 5) is 14.6. The van der Waals surface area contributed by atoms with Gasteiger partial charge in [-0.2, -0.15) is 0 Å². The van der Waals surface area contributed by atoms with Gasteiger partial charge in [0.05, 0.1) is 23.9 Å². The summed E-state index contributed by atoms with van der Waals surface area (Å²) in [5, 5.41) is 6.42. The molecule has 1 heterocycles. The molecule has 24 heavy (non-hydrogen) atoms. The number of halogens is 1. The van der Waals surface area contributed by atoms with Crippen molar-refractivity contribution in [2.75, 3.05) is 48.9 Å². The highest BCUT2D eigenvalue weighted by Gasteiger charge is 2.12. The molecule has 0 unspecified atom stereocenters. The molecule has 0 radical (unpaired) electrons. The van der Waals surface area contributed by atoms with Crippen LogP contribution >= 0.6 is 11.6 Å². The molecule has 2 N–H and O–H groups in total. The van der Waals surface area contributed by atoms with Crippen LogP contribution in [0.5, 0.6) is 0 Å². The van der Waals surface area contributed by atoms with Crippen LogP contribution in [0.25, 0.3) is 0 Å². The Morgan fingerprint density at radius 1 is 1.12 bits per heavy atom. The number of nitrogens with zero attached hydrogens (tertiary/aromatic N) is 1. The Hall–Kier alpha value is -2.24. The number of ether oxygens (including phenoxy) is 1. The highest BCUT2D eigenvalue weighted by Crippen LogP contribution is 2.25. The first-order valence-corrected chi connectivity index (χ1v) is 8.26. The van der Waals surface area contributed by atoms with Crippen LogP contribution in [0.4, 0.5) is 17.1 Å². The topological polar surface area (TPSA) is 53.6 Å². The first kappa shape index (κ1) is 16.6. The minimum atomic E-state index is -0.156. The zero-order valence-electron chi connectivity index (χ0n) is 13.5. The second kappa shape index (κ2) is 7.55. The average molecular weight is 346 g/mol. The van der Waals surface area contributed by atoms with Gasteiger partial charge in [-0.3, -0.25) is 4.79 Å². The van der Waals surface area contributed by atoms with E-state index in [0.29, 0.717) is 16.3 Å². The summed E-state index contributed by atoms with van der Waals surface area (Å²) < 4.78 is 5.35. The van der Waals surface area contributed by atoms with Crippen molar-refractivity contribution >= 4 is 34.6 Å². The van der Waals surface area contributed by atoms with Crippen molar-refractivity contribution in [1.29, 1.82) is 0 Å². The van der Waals surface area contributed by atoms with Crippen molar-refractivity contribution in [3.05, 3.63) is 53.1 Å². The molecule has 1 amide bonds. The van der Waals surface area contributed by atoms with Crippen LogP contribution in [0.3, 0.4) is 0 Å². The van der Waals surface area contributed by atoms with Gasteiger partial charge in [0, 0.05) is 37.1 Å². The van der Waals surface area contributed by atoms with Gasteiger partial charge in [0.2, 0.25) is 0 Å². The summed E-state index contributed by atoms with van der Waals surface area (Å²) in [6.45, 7) is 3.24. The largest absolute Gasteiger partial charge is 0.387 e. The number of amides is 1. The molecule has 126 valence electrons. The van der Waals surface area contributed by atoms with Crippen molar-refractivity contribution in [2.45, 2.75) is 0 Å². The monoisotopic (exact) mass is 345 g/mol.